The van der Waals surface area contributed by atoms with Crippen molar-refractivity contribution < 1.29 is 28.8 Å². The molecule has 25 heavy (non-hydrogen) atoms. The summed E-state index contributed by atoms with van der Waals surface area (Å²) in [6, 6.07) is 8.66. The minimum Gasteiger partial charge on any atom is -0.507 e. The highest BCUT2D eigenvalue weighted by Crippen LogP contribution is 2.50. The number of carbonyl (C=O) groups is 1. The quantitative estimate of drug-likeness (QED) is 0.857. The number of fused-ring (bicyclic) bond motifs is 1. The Morgan fingerprint density at radius 3 is 2.44 bits per heavy atom. The molecule has 1 aliphatic rings. The fourth-order valence-electron chi connectivity index (χ4n) is 3.24. The van der Waals surface area contributed by atoms with Gasteiger partial charge in [0, 0.05) is 11.5 Å². The number of hydrogen-bond acceptors (Lipinski definition) is 6. The van der Waals surface area contributed by atoms with Crippen LogP contribution in [-0.2, 0) is 4.74 Å². The average molecular weight is 344 g/mol. The van der Waals surface area contributed by atoms with Crippen LogP contribution in [0.15, 0.2) is 30.3 Å². The summed E-state index contributed by atoms with van der Waals surface area (Å²) in [7, 11) is 4.43. The predicted molar refractivity (Wildman–Crippen MR) is 90.8 cm³/mol. The summed E-state index contributed by atoms with van der Waals surface area (Å²) in [6.07, 6.45) is -0.319. The largest absolute Gasteiger partial charge is 0.507 e. The maximum atomic E-state index is 12.1. The zero-order chi connectivity index (χ0) is 18.1. The summed E-state index contributed by atoms with van der Waals surface area (Å²) < 4.78 is 21.5. The number of phenolic OH excluding ortho intramolecular Hbond substituents is 1. The van der Waals surface area contributed by atoms with Gasteiger partial charge in [-0.15, -0.1) is 0 Å². The minimum atomic E-state index is -0.585. The Balaban J connectivity index is 2.04. The van der Waals surface area contributed by atoms with Crippen molar-refractivity contribution in [1.82, 2.24) is 0 Å². The van der Waals surface area contributed by atoms with Gasteiger partial charge >= 0.3 is 5.97 Å². The second-order valence-electron chi connectivity index (χ2n) is 5.80. The molecule has 0 aliphatic carbocycles. The van der Waals surface area contributed by atoms with Crippen LogP contribution < -0.4 is 14.2 Å². The molecule has 1 aliphatic heterocycles. The van der Waals surface area contributed by atoms with Gasteiger partial charge in [-0.1, -0.05) is 13.0 Å². The van der Waals surface area contributed by atoms with Gasteiger partial charge in [-0.3, -0.25) is 0 Å². The molecular formula is C19H20O6. The molecule has 2 atom stereocenters. The van der Waals surface area contributed by atoms with E-state index in [0.29, 0.717) is 22.8 Å². The average Bonchev–Trinajstić information content (AvgIpc) is 2.97. The van der Waals surface area contributed by atoms with Crippen LogP contribution in [0.2, 0.25) is 0 Å². The molecule has 1 heterocycles. The topological polar surface area (TPSA) is 74.2 Å². The smallest absolute Gasteiger partial charge is 0.342 e. The Morgan fingerprint density at radius 1 is 1.08 bits per heavy atom. The maximum Gasteiger partial charge on any atom is 0.342 e. The number of phenols is 1. The third-order valence-corrected chi connectivity index (χ3v) is 4.47. The van der Waals surface area contributed by atoms with Crippen LogP contribution in [0.5, 0.6) is 23.0 Å². The lowest BCUT2D eigenvalue weighted by molar-refractivity contribution is 0.0595. The fraction of sp³-hybridized carbons (Fsp3) is 0.316. The molecule has 2 aromatic rings. The van der Waals surface area contributed by atoms with E-state index in [0.717, 1.165) is 5.56 Å². The third-order valence-electron chi connectivity index (χ3n) is 4.47. The molecule has 0 radical (unpaired) electrons. The highest BCUT2D eigenvalue weighted by molar-refractivity contribution is 5.95. The van der Waals surface area contributed by atoms with E-state index in [-0.39, 0.29) is 23.3 Å². The molecule has 1 N–H and O–H groups in total. The van der Waals surface area contributed by atoms with Gasteiger partial charge < -0.3 is 24.1 Å². The van der Waals surface area contributed by atoms with Gasteiger partial charge in [0.15, 0.2) is 11.5 Å². The Kier molecular flexibility index (Phi) is 4.44. The van der Waals surface area contributed by atoms with E-state index in [1.165, 1.54) is 13.2 Å². The maximum absolute atomic E-state index is 12.1. The normalized spacial score (nSPS) is 18.2. The van der Waals surface area contributed by atoms with Gasteiger partial charge in [-0.2, -0.15) is 0 Å². The van der Waals surface area contributed by atoms with Crippen molar-refractivity contribution in [3.05, 3.63) is 47.0 Å². The molecule has 0 saturated heterocycles. The lowest BCUT2D eigenvalue weighted by Gasteiger charge is -2.18. The van der Waals surface area contributed by atoms with Crippen LogP contribution in [0, 0.1) is 0 Å². The van der Waals surface area contributed by atoms with E-state index in [4.69, 9.17) is 18.9 Å². The van der Waals surface area contributed by atoms with Crippen LogP contribution >= 0.6 is 0 Å². The molecule has 0 fully saturated rings. The summed E-state index contributed by atoms with van der Waals surface area (Å²) in [5, 5.41) is 10.1. The second kappa shape index (κ2) is 6.55. The number of hydrogen-bond donors (Lipinski definition) is 1. The van der Waals surface area contributed by atoms with Crippen LogP contribution in [-0.4, -0.2) is 32.4 Å². The summed E-state index contributed by atoms with van der Waals surface area (Å²) in [5.41, 5.74) is 1.68. The summed E-state index contributed by atoms with van der Waals surface area (Å²) >= 11 is 0. The van der Waals surface area contributed by atoms with Crippen molar-refractivity contribution in [3.63, 3.8) is 0 Å². The van der Waals surface area contributed by atoms with E-state index in [9.17, 15) is 9.90 Å². The van der Waals surface area contributed by atoms with Crippen LogP contribution in [0.3, 0.4) is 0 Å². The molecule has 0 aromatic heterocycles. The van der Waals surface area contributed by atoms with Crippen molar-refractivity contribution in [1.29, 1.82) is 0 Å². The van der Waals surface area contributed by atoms with Gasteiger partial charge in [-0.25, -0.2) is 4.79 Å². The SMILES string of the molecule is COC(=O)c1c(O)ccc2c1[C@H](C)[C@@H](c1ccc(OC)c(OC)c1)O2. The number of benzene rings is 2. The van der Waals surface area contributed by atoms with Gasteiger partial charge in [0.2, 0.25) is 0 Å². The Labute approximate surface area is 145 Å². The summed E-state index contributed by atoms with van der Waals surface area (Å²) in [5.74, 6) is 0.927. The van der Waals surface area contributed by atoms with E-state index in [2.05, 4.69) is 0 Å². The molecule has 0 bridgehead atoms. The van der Waals surface area contributed by atoms with Crippen molar-refractivity contribution in [2.24, 2.45) is 0 Å². The molecular weight excluding hydrogens is 324 g/mol. The molecule has 0 unspecified atom stereocenters. The van der Waals surface area contributed by atoms with Crippen molar-refractivity contribution in [2.75, 3.05) is 21.3 Å². The van der Waals surface area contributed by atoms with Gasteiger partial charge in [-0.05, 0) is 29.8 Å². The second-order valence-corrected chi connectivity index (χ2v) is 5.80. The first-order valence-electron chi connectivity index (χ1n) is 7.84. The van der Waals surface area contributed by atoms with Gasteiger partial charge in [0.1, 0.15) is 23.2 Å². The van der Waals surface area contributed by atoms with Gasteiger partial charge in [0.25, 0.3) is 0 Å². The van der Waals surface area contributed by atoms with Crippen LogP contribution in [0.25, 0.3) is 0 Å². The summed E-state index contributed by atoms with van der Waals surface area (Å²) in [6.45, 7) is 1.94. The van der Waals surface area contributed by atoms with E-state index < -0.39 is 5.97 Å². The molecule has 0 saturated carbocycles. The van der Waals surface area contributed by atoms with Crippen LogP contribution in [0.4, 0.5) is 0 Å². The summed E-state index contributed by atoms with van der Waals surface area (Å²) in [4.78, 5) is 12.1. The van der Waals surface area contributed by atoms with E-state index in [1.54, 1.807) is 20.3 Å². The molecule has 0 amide bonds. The minimum absolute atomic E-state index is 0.117. The van der Waals surface area contributed by atoms with Crippen molar-refractivity contribution in [3.8, 4) is 23.0 Å². The number of aromatic hydroxyl groups is 1. The molecule has 0 spiro atoms. The monoisotopic (exact) mass is 344 g/mol. The highest BCUT2D eigenvalue weighted by Gasteiger charge is 2.37. The molecule has 6 nitrogen and oxygen atoms in total. The lowest BCUT2D eigenvalue weighted by atomic mass is 9.89. The molecule has 6 heteroatoms. The predicted octanol–water partition coefficient (Wildman–Crippen LogP) is 3.43. The van der Waals surface area contributed by atoms with Gasteiger partial charge in [0.05, 0.1) is 21.3 Å². The van der Waals surface area contributed by atoms with E-state index in [1.807, 2.05) is 25.1 Å². The van der Waals surface area contributed by atoms with E-state index >= 15 is 0 Å². The van der Waals surface area contributed by atoms with Crippen molar-refractivity contribution >= 4 is 5.97 Å². The highest BCUT2D eigenvalue weighted by atomic mass is 16.5. The number of esters is 1. The number of rotatable bonds is 4. The number of ether oxygens (including phenoxy) is 4. The first-order valence-corrected chi connectivity index (χ1v) is 7.84. The number of methoxy groups -OCH3 is 3. The zero-order valence-corrected chi connectivity index (χ0v) is 14.5. The molecule has 3 rings (SSSR count). The third kappa shape index (κ3) is 2.73. The first-order chi connectivity index (χ1) is 12.0. The zero-order valence-electron chi connectivity index (χ0n) is 14.5. The Hall–Kier alpha value is -2.89. The fourth-order valence-corrected chi connectivity index (χ4v) is 3.24. The van der Waals surface area contributed by atoms with Crippen molar-refractivity contribution in [2.45, 2.75) is 18.9 Å². The lowest BCUT2D eigenvalue weighted by Crippen LogP contribution is -2.10. The standard InChI is InChI=1S/C19H20O6/c1-10-16-14(8-6-12(20)17(16)19(21)24-4)25-18(10)11-5-7-13(22-2)15(9-11)23-3/h5-10,18,20H,1-4H3/t10-,18-/m0/s1. The molecule has 2 aromatic carbocycles. The molecule has 132 valence electrons. The Morgan fingerprint density at radius 2 is 1.80 bits per heavy atom. The Bertz CT molecular complexity index is 814. The first kappa shape index (κ1) is 17.0. The number of carbonyl (C=O) groups excluding carboxylic acids is 1. The van der Waals surface area contributed by atoms with Crippen LogP contribution in [0.1, 0.15) is 40.4 Å².